The molecule has 5 heteroatoms. The standard InChI is InChI=1S/C15H26N4O/c1-3-13-14(16-4-2)17-11-18-15(13)19-9-5-7-12(19)8-6-10-20/h11-12,20H,3-10H2,1-2H3,(H,16,17,18). The Morgan fingerprint density at radius 1 is 1.40 bits per heavy atom. The monoisotopic (exact) mass is 278 g/mol. The first-order valence-electron chi connectivity index (χ1n) is 7.77. The second-order valence-corrected chi connectivity index (χ2v) is 5.26. The molecule has 1 atom stereocenters. The first kappa shape index (κ1) is 15.0. The molecule has 112 valence electrons. The number of hydrogen-bond donors (Lipinski definition) is 2. The predicted molar refractivity (Wildman–Crippen MR) is 82.3 cm³/mol. The number of aromatic nitrogens is 2. The van der Waals surface area contributed by atoms with Crippen LogP contribution in [0.5, 0.6) is 0 Å². The number of aliphatic hydroxyl groups excluding tert-OH is 1. The van der Waals surface area contributed by atoms with Crippen LogP contribution in [0.15, 0.2) is 6.33 Å². The molecule has 2 heterocycles. The average Bonchev–Trinajstić information content (AvgIpc) is 2.93. The second kappa shape index (κ2) is 7.43. The van der Waals surface area contributed by atoms with Crippen molar-refractivity contribution in [2.75, 3.05) is 29.9 Å². The van der Waals surface area contributed by atoms with Crippen molar-refractivity contribution in [3.8, 4) is 0 Å². The predicted octanol–water partition coefficient (Wildman–Crippen LogP) is 2.21. The molecule has 5 nitrogen and oxygen atoms in total. The summed E-state index contributed by atoms with van der Waals surface area (Å²) in [4.78, 5) is 11.3. The Morgan fingerprint density at radius 2 is 2.25 bits per heavy atom. The maximum Gasteiger partial charge on any atom is 0.137 e. The average molecular weight is 278 g/mol. The molecule has 0 aliphatic carbocycles. The summed E-state index contributed by atoms with van der Waals surface area (Å²) in [5.74, 6) is 2.05. The molecule has 0 saturated carbocycles. The molecule has 0 aromatic carbocycles. The van der Waals surface area contributed by atoms with Crippen molar-refractivity contribution in [1.82, 2.24) is 9.97 Å². The summed E-state index contributed by atoms with van der Waals surface area (Å²) in [5.41, 5.74) is 1.21. The van der Waals surface area contributed by atoms with Crippen LogP contribution in [-0.4, -0.2) is 40.8 Å². The largest absolute Gasteiger partial charge is 0.396 e. The third-order valence-corrected chi connectivity index (χ3v) is 3.97. The first-order valence-corrected chi connectivity index (χ1v) is 7.77. The lowest BCUT2D eigenvalue weighted by atomic mass is 10.1. The third-order valence-electron chi connectivity index (χ3n) is 3.97. The third kappa shape index (κ3) is 3.20. The number of rotatable bonds is 7. The molecule has 1 aromatic heterocycles. The Kier molecular flexibility index (Phi) is 5.59. The number of nitrogens with zero attached hydrogens (tertiary/aromatic N) is 3. The van der Waals surface area contributed by atoms with Gasteiger partial charge in [-0.15, -0.1) is 0 Å². The quantitative estimate of drug-likeness (QED) is 0.801. The van der Waals surface area contributed by atoms with Gasteiger partial charge in [0.25, 0.3) is 0 Å². The van der Waals surface area contributed by atoms with Gasteiger partial charge >= 0.3 is 0 Å². The molecule has 2 N–H and O–H groups in total. The number of nitrogens with one attached hydrogen (secondary N) is 1. The van der Waals surface area contributed by atoms with E-state index < -0.39 is 0 Å². The van der Waals surface area contributed by atoms with E-state index in [0.717, 1.165) is 44.0 Å². The van der Waals surface area contributed by atoms with Crippen molar-refractivity contribution >= 4 is 11.6 Å². The normalized spacial score (nSPS) is 18.6. The Hall–Kier alpha value is -1.36. The Labute approximate surface area is 121 Å². The molecule has 0 radical (unpaired) electrons. The van der Waals surface area contributed by atoms with Crippen LogP contribution in [0, 0.1) is 0 Å². The summed E-state index contributed by atoms with van der Waals surface area (Å²) in [7, 11) is 0. The zero-order valence-corrected chi connectivity index (χ0v) is 12.6. The Morgan fingerprint density at radius 3 is 2.95 bits per heavy atom. The number of anilines is 2. The first-order chi connectivity index (χ1) is 9.81. The van der Waals surface area contributed by atoms with Crippen LogP contribution < -0.4 is 10.2 Å². The molecule has 20 heavy (non-hydrogen) atoms. The fraction of sp³-hybridized carbons (Fsp3) is 0.733. The van der Waals surface area contributed by atoms with Gasteiger partial charge in [-0.3, -0.25) is 0 Å². The van der Waals surface area contributed by atoms with Gasteiger partial charge in [0.05, 0.1) is 0 Å². The molecule has 1 aliphatic rings. The van der Waals surface area contributed by atoms with Crippen molar-refractivity contribution in [2.24, 2.45) is 0 Å². The topological polar surface area (TPSA) is 61.3 Å². The summed E-state index contributed by atoms with van der Waals surface area (Å²) in [6.07, 6.45) is 6.91. The molecule has 1 aliphatic heterocycles. The summed E-state index contributed by atoms with van der Waals surface area (Å²) >= 11 is 0. The molecular weight excluding hydrogens is 252 g/mol. The van der Waals surface area contributed by atoms with E-state index in [1.165, 1.54) is 18.4 Å². The molecule has 1 aromatic rings. The summed E-state index contributed by atoms with van der Waals surface area (Å²) in [6.45, 7) is 6.45. The van der Waals surface area contributed by atoms with E-state index in [4.69, 9.17) is 5.11 Å². The molecule has 1 saturated heterocycles. The highest BCUT2D eigenvalue weighted by Crippen LogP contribution is 2.31. The molecular formula is C15H26N4O. The maximum atomic E-state index is 9.04. The second-order valence-electron chi connectivity index (χ2n) is 5.26. The van der Waals surface area contributed by atoms with Crippen molar-refractivity contribution in [3.63, 3.8) is 0 Å². The van der Waals surface area contributed by atoms with Gasteiger partial charge < -0.3 is 15.3 Å². The van der Waals surface area contributed by atoms with Crippen LogP contribution >= 0.6 is 0 Å². The van der Waals surface area contributed by atoms with Gasteiger partial charge in [0.15, 0.2) is 0 Å². The van der Waals surface area contributed by atoms with Crippen molar-refractivity contribution in [2.45, 2.75) is 52.0 Å². The van der Waals surface area contributed by atoms with E-state index in [0.29, 0.717) is 6.04 Å². The fourth-order valence-electron chi connectivity index (χ4n) is 3.04. The fourth-order valence-corrected chi connectivity index (χ4v) is 3.04. The minimum Gasteiger partial charge on any atom is -0.396 e. The smallest absolute Gasteiger partial charge is 0.137 e. The molecule has 1 unspecified atom stereocenters. The van der Waals surface area contributed by atoms with E-state index in [2.05, 4.69) is 34.0 Å². The SMILES string of the molecule is CCNc1ncnc(N2CCCC2CCCO)c1CC. The molecule has 0 spiro atoms. The van der Waals surface area contributed by atoms with E-state index >= 15 is 0 Å². The lowest BCUT2D eigenvalue weighted by Gasteiger charge is -2.28. The highest BCUT2D eigenvalue weighted by atomic mass is 16.2. The lowest BCUT2D eigenvalue weighted by molar-refractivity contribution is 0.279. The highest BCUT2D eigenvalue weighted by Gasteiger charge is 2.27. The zero-order valence-electron chi connectivity index (χ0n) is 12.6. The summed E-state index contributed by atoms with van der Waals surface area (Å²) in [5, 5.41) is 12.4. The van der Waals surface area contributed by atoms with Crippen LogP contribution in [0.1, 0.15) is 45.1 Å². The molecule has 0 bridgehead atoms. The number of aliphatic hydroxyl groups is 1. The molecule has 0 amide bonds. The molecule has 1 fully saturated rings. The van der Waals surface area contributed by atoms with Crippen LogP contribution in [0.4, 0.5) is 11.6 Å². The lowest BCUT2D eigenvalue weighted by Crippen LogP contribution is -2.31. The van der Waals surface area contributed by atoms with Crippen molar-refractivity contribution in [1.29, 1.82) is 0 Å². The van der Waals surface area contributed by atoms with E-state index in [1.807, 2.05) is 0 Å². The minimum atomic E-state index is 0.275. The Balaban J connectivity index is 2.24. The van der Waals surface area contributed by atoms with Gasteiger partial charge in [-0.2, -0.15) is 0 Å². The van der Waals surface area contributed by atoms with E-state index in [-0.39, 0.29) is 6.61 Å². The van der Waals surface area contributed by atoms with Crippen molar-refractivity contribution in [3.05, 3.63) is 11.9 Å². The van der Waals surface area contributed by atoms with Crippen LogP contribution in [0.2, 0.25) is 0 Å². The summed E-state index contributed by atoms with van der Waals surface area (Å²) < 4.78 is 0. The van der Waals surface area contributed by atoms with Crippen molar-refractivity contribution < 1.29 is 5.11 Å². The minimum absolute atomic E-state index is 0.275. The van der Waals surface area contributed by atoms with Gasteiger partial charge in [-0.1, -0.05) is 6.92 Å². The van der Waals surface area contributed by atoms with Crippen LogP contribution in [-0.2, 0) is 6.42 Å². The summed E-state index contributed by atoms with van der Waals surface area (Å²) in [6, 6.07) is 0.511. The van der Waals surface area contributed by atoms with E-state index in [9.17, 15) is 0 Å². The van der Waals surface area contributed by atoms with Crippen LogP contribution in [0.25, 0.3) is 0 Å². The van der Waals surface area contributed by atoms with E-state index in [1.54, 1.807) is 6.33 Å². The van der Waals surface area contributed by atoms with Gasteiger partial charge in [0.2, 0.25) is 0 Å². The maximum absolute atomic E-state index is 9.04. The van der Waals surface area contributed by atoms with Crippen LogP contribution in [0.3, 0.4) is 0 Å². The number of hydrogen-bond acceptors (Lipinski definition) is 5. The molecule has 2 rings (SSSR count). The zero-order chi connectivity index (χ0) is 14.4. The van der Waals surface area contributed by atoms with Gasteiger partial charge in [0, 0.05) is 31.3 Å². The van der Waals surface area contributed by atoms with Gasteiger partial charge in [0.1, 0.15) is 18.0 Å². The van der Waals surface area contributed by atoms with Gasteiger partial charge in [-0.05, 0) is 39.0 Å². The van der Waals surface area contributed by atoms with Gasteiger partial charge in [-0.25, -0.2) is 9.97 Å². The highest BCUT2D eigenvalue weighted by molar-refractivity contribution is 5.59. The Bertz CT molecular complexity index is 424.